The SMILES string of the molecule is CCSC(SCC)=C(C#N)C(=O)OC. The second-order valence-corrected chi connectivity index (χ2v) is 4.94. The first kappa shape index (κ1) is 13.4. The van der Waals surface area contributed by atoms with Gasteiger partial charge in [-0.1, -0.05) is 13.8 Å². The summed E-state index contributed by atoms with van der Waals surface area (Å²) in [4.78, 5) is 11.2. The molecule has 78 valence electrons. The Balaban J connectivity index is 4.89. The van der Waals surface area contributed by atoms with Crippen molar-refractivity contribution in [3.05, 3.63) is 9.81 Å². The number of carbonyl (C=O) groups is 1. The Bertz CT molecular complexity index is 260. The van der Waals surface area contributed by atoms with Crippen molar-refractivity contribution < 1.29 is 9.53 Å². The number of thioether (sulfide) groups is 2. The first-order valence-electron chi connectivity index (χ1n) is 4.19. The number of methoxy groups -OCH3 is 1. The smallest absolute Gasteiger partial charge is 0.350 e. The lowest BCUT2D eigenvalue weighted by atomic mass is 10.3. The molecule has 5 heteroatoms. The Hall–Kier alpha value is -0.600. The van der Waals surface area contributed by atoms with Gasteiger partial charge in [0.2, 0.25) is 0 Å². The molecule has 0 bridgehead atoms. The number of esters is 1. The number of nitriles is 1. The average molecular weight is 231 g/mol. The van der Waals surface area contributed by atoms with Gasteiger partial charge in [-0.2, -0.15) is 5.26 Å². The lowest BCUT2D eigenvalue weighted by Crippen LogP contribution is -2.04. The topological polar surface area (TPSA) is 50.1 Å². The van der Waals surface area contributed by atoms with Crippen molar-refractivity contribution >= 4 is 29.5 Å². The summed E-state index contributed by atoms with van der Waals surface area (Å²) < 4.78 is 5.28. The van der Waals surface area contributed by atoms with Gasteiger partial charge in [-0.25, -0.2) is 4.79 Å². The lowest BCUT2D eigenvalue weighted by molar-refractivity contribution is -0.135. The standard InChI is InChI=1S/C9H13NO2S2/c1-4-13-9(14-5-2)7(6-10)8(11)12-3/h4-5H2,1-3H3. The van der Waals surface area contributed by atoms with E-state index in [1.807, 2.05) is 19.9 Å². The summed E-state index contributed by atoms with van der Waals surface area (Å²) in [5, 5.41) is 8.82. The quantitative estimate of drug-likeness (QED) is 0.413. The molecule has 0 spiro atoms. The number of ether oxygens (including phenoxy) is 1. The van der Waals surface area contributed by atoms with Gasteiger partial charge in [0.25, 0.3) is 0 Å². The van der Waals surface area contributed by atoms with Gasteiger partial charge in [-0.05, 0) is 11.5 Å². The highest BCUT2D eigenvalue weighted by Gasteiger charge is 2.15. The van der Waals surface area contributed by atoms with E-state index in [-0.39, 0.29) is 5.57 Å². The molecule has 0 aromatic carbocycles. The zero-order valence-corrected chi connectivity index (χ0v) is 10.1. The van der Waals surface area contributed by atoms with Crippen molar-refractivity contribution in [2.75, 3.05) is 18.6 Å². The molecule has 14 heavy (non-hydrogen) atoms. The molecule has 0 saturated heterocycles. The summed E-state index contributed by atoms with van der Waals surface area (Å²) in [6, 6.07) is 1.89. The molecule has 0 amide bonds. The Kier molecular flexibility index (Phi) is 7.44. The van der Waals surface area contributed by atoms with Crippen LogP contribution in [-0.4, -0.2) is 24.6 Å². The lowest BCUT2D eigenvalue weighted by Gasteiger charge is -2.05. The number of nitrogens with zero attached hydrogens (tertiary/aromatic N) is 1. The second-order valence-electron chi connectivity index (χ2n) is 2.13. The molecule has 0 rings (SSSR count). The number of hydrogen-bond acceptors (Lipinski definition) is 5. The molecule has 0 aliphatic heterocycles. The van der Waals surface area contributed by atoms with Gasteiger partial charge in [0.15, 0.2) is 5.57 Å². The van der Waals surface area contributed by atoms with Crippen LogP contribution in [0.4, 0.5) is 0 Å². The molecule has 0 unspecified atom stereocenters. The van der Waals surface area contributed by atoms with Crippen LogP contribution >= 0.6 is 23.5 Å². The summed E-state index contributed by atoms with van der Waals surface area (Å²) in [7, 11) is 1.28. The number of carbonyl (C=O) groups excluding carboxylic acids is 1. The van der Waals surface area contributed by atoms with Crippen molar-refractivity contribution in [2.24, 2.45) is 0 Å². The number of rotatable bonds is 5. The van der Waals surface area contributed by atoms with Crippen LogP contribution in [0, 0.1) is 11.3 Å². The maximum Gasteiger partial charge on any atom is 0.350 e. The molecule has 0 saturated carbocycles. The monoisotopic (exact) mass is 231 g/mol. The van der Waals surface area contributed by atoms with E-state index in [0.29, 0.717) is 0 Å². The van der Waals surface area contributed by atoms with E-state index in [4.69, 9.17) is 5.26 Å². The van der Waals surface area contributed by atoms with Crippen LogP contribution in [0.5, 0.6) is 0 Å². The zero-order valence-electron chi connectivity index (χ0n) is 8.49. The van der Waals surface area contributed by atoms with E-state index in [1.165, 1.54) is 30.6 Å². The van der Waals surface area contributed by atoms with Crippen LogP contribution in [-0.2, 0) is 9.53 Å². The van der Waals surface area contributed by atoms with Crippen LogP contribution in [0.3, 0.4) is 0 Å². The first-order chi connectivity index (χ1) is 6.71. The maximum atomic E-state index is 11.2. The number of hydrogen-bond donors (Lipinski definition) is 0. The third kappa shape index (κ3) is 4.07. The minimum Gasteiger partial charge on any atom is -0.465 e. The van der Waals surface area contributed by atoms with Crippen LogP contribution in [0.2, 0.25) is 0 Å². The Morgan fingerprint density at radius 3 is 2.14 bits per heavy atom. The molecule has 0 radical (unpaired) electrons. The second kappa shape index (κ2) is 7.77. The van der Waals surface area contributed by atoms with E-state index >= 15 is 0 Å². The summed E-state index contributed by atoms with van der Waals surface area (Å²) in [5.74, 6) is 1.12. The molecule has 0 heterocycles. The van der Waals surface area contributed by atoms with Crippen molar-refractivity contribution in [3.8, 4) is 6.07 Å². The molecule has 0 aliphatic carbocycles. The maximum absolute atomic E-state index is 11.2. The van der Waals surface area contributed by atoms with E-state index in [9.17, 15) is 4.79 Å². The third-order valence-electron chi connectivity index (χ3n) is 1.26. The average Bonchev–Trinajstić information content (AvgIpc) is 2.19. The Labute approximate surface area is 92.9 Å². The van der Waals surface area contributed by atoms with Crippen LogP contribution < -0.4 is 0 Å². The van der Waals surface area contributed by atoms with Crippen molar-refractivity contribution in [1.82, 2.24) is 0 Å². The first-order valence-corrected chi connectivity index (χ1v) is 6.16. The van der Waals surface area contributed by atoms with Crippen LogP contribution in [0.25, 0.3) is 0 Å². The van der Waals surface area contributed by atoms with Gasteiger partial charge in [0.05, 0.1) is 11.3 Å². The molecular formula is C9H13NO2S2. The Morgan fingerprint density at radius 1 is 1.36 bits per heavy atom. The van der Waals surface area contributed by atoms with Crippen LogP contribution in [0.15, 0.2) is 9.81 Å². The summed E-state index contributed by atoms with van der Waals surface area (Å²) in [5.41, 5.74) is 0.117. The van der Waals surface area contributed by atoms with E-state index < -0.39 is 5.97 Å². The van der Waals surface area contributed by atoms with Gasteiger partial charge in [0.1, 0.15) is 6.07 Å². The zero-order chi connectivity index (χ0) is 11.0. The van der Waals surface area contributed by atoms with E-state index in [2.05, 4.69) is 4.74 Å². The minimum atomic E-state index is -0.551. The highest BCUT2D eigenvalue weighted by atomic mass is 32.2. The van der Waals surface area contributed by atoms with Crippen molar-refractivity contribution in [3.63, 3.8) is 0 Å². The molecule has 0 aliphatic rings. The normalized spacial score (nSPS) is 9.00. The fourth-order valence-corrected chi connectivity index (χ4v) is 2.84. The van der Waals surface area contributed by atoms with E-state index in [1.54, 1.807) is 0 Å². The van der Waals surface area contributed by atoms with Crippen LogP contribution in [0.1, 0.15) is 13.8 Å². The van der Waals surface area contributed by atoms with E-state index in [0.717, 1.165) is 15.7 Å². The highest BCUT2D eigenvalue weighted by molar-refractivity contribution is 8.22. The third-order valence-corrected chi connectivity index (χ3v) is 3.47. The summed E-state index contributed by atoms with van der Waals surface area (Å²) in [6.07, 6.45) is 0. The fraction of sp³-hybridized carbons (Fsp3) is 0.556. The Morgan fingerprint density at radius 2 is 1.86 bits per heavy atom. The predicted molar refractivity (Wildman–Crippen MR) is 60.9 cm³/mol. The molecular weight excluding hydrogens is 218 g/mol. The van der Waals surface area contributed by atoms with Crippen molar-refractivity contribution in [1.29, 1.82) is 5.26 Å². The predicted octanol–water partition coefficient (Wildman–Crippen LogP) is 2.40. The van der Waals surface area contributed by atoms with Gasteiger partial charge >= 0.3 is 5.97 Å². The molecule has 0 fully saturated rings. The molecule has 0 aromatic heterocycles. The summed E-state index contributed by atoms with van der Waals surface area (Å²) >= 11 is 2.99. The highest BCUT2D eigenvalue weighted by Crippen LogP contribution is 2.31. The molecule has 0 N–H and O–H groups in total. The molecule has 0 aromatic rings. The van der Waals surface area contributed by atoms with Crippen molar-refractivity contribution in [2.45, 2.75) is 13.8 Å². The van der Waals surface area contributed by atoms with Gasteiger partial charge in [-0.3, -0.25) is 0 Å². The van der Waals surface area contributed by atoms with Gasteiger partial charge in [-0.15, -0.1) is 23.5 Å². The van der Waals surface area contributed by atoms with Gasteiger partial charge in [0, 0.05) is 0 Å². The summed E-state index contributed by atoms with van der Waals surface area (Å²) in [6.45, 7) is 3.96. The van der Waals surface area contributed by atoms with Gasteiger partial charge < -0.3 is 4.74 Å². The molecule has 3 nitrogen and oxygen atoms in total. The largest absolute Gasteiger partial charge is 0.465 e. The molecule has 0 atom stereocenters. The minimum absolute atomic E-state index is 0.117. The fourth-order valence-electron chi connectivity index (χ4n) is 0.725.